The van der Waals surface area contributed by atoms with E-state index in [0.717, 1.165) is 30.7 Å². The molecule has 0 radical (unpaired) electrons. The Morgan fingerprint density at radius 3 is 2.95 bits per heavy atom. The van der Waals surface area contributed by atoms with E-state index in [1.807, 2.05) is 0 Å². The Bertz CT molecular complexity index is 507. The zero-order valence-corrected chi connectivity index (χ0v) is 11.0. The maximum absolute atomic E-state index is 13.7. The summed E-state index contributed by atoms with van der Waals surface area (Å²) in [7, 11) is 0. The Morgan fingerprint density at radius 2 is 2.21 bits per heavy atom. The molecule has 1 aromatic rings. The number of thioether (sulfide) groups is 1. The molecule has 102 valence electrons. The quantitative estimate of drug-likeness (QED) is 0.893. The number of aromatic carboxylic acids is 1. The fraction of sp³-hybridized carbons (Fsp3) is 0.385. The summed E-state index contributed by atoms with van der Waals surface area (Å²) >= 11 is 1.09. The lowest BCUT2D eigenvalue weighted by atomic mass is 10.2. The number of carbonyl (C=O) groups is 2. The number of carboxylic acid groups (broad SMARTS) is 1. The molecule has 19 heavy (non-hydrogen) atoms. The smallest absolute Gasteiger partial charge is 0.335 e. The second-order valence-electron chi connectivity index (χ2n) is 4.34. The molecular weight excluding hydrogens is 269 g/mol. The Balaban J connectivity index is 2.19. The molecular formula is C13H14FNO3S. The number of carboxylic acids is 1. The van der Waals surface area contributed by atoms with Crippen LogP contribution in [0.1, 0.15) is 29.6 Å². The minimum Gasteiger partial charge on any atom is -0.478 e. The average molecular weight is 283 g/mol. The third-order valence-corrected chi connectivity index (χ3v) is 4.23. The van der Waals surface area contributed by atoms with E-state index in [9.17, 15) is 14.0 Å². The van der Waals surface area contributed by atoms with Gasteiger partial charge in [0.15, 0.2) is 0 Å². The second-order valence-corrected chi connectivity index (χ2v) is 5.59. The van der Waals surface area contributed by atoms with E-state index in [1.165, 1.54) is 12.1 Å². The van der Waals surface area contributed by atoms with Crippen LogP contribution in [0.5, 0.6) is 0 Å². The molecule has 0 saturated carbocycles. The molecule has 1 atom stereocenters. The number of hydrogen-bond acceptors (Lipinski definition) is 3. The van der Waals surface area contributed by atoms with Gasteiger partial charge in [0.2, 0.25) is 5.91 Å². The van der Waals surface area contributed by atoms with Gasteiger partial charge in [-0.25, -0.2) is 9.18 Å². The van der Waals surface area contributed by atoms with Crippen LogP contribution in [-0.4, -0.2) is 28.8 Å². The van der Waals surface area contributed by atoms with E-state index >= 15 is 0 Å². The molecule has 1 unspecified atom stereocenters. The van der Waals surface area contributed by atoms with Gasteiger partial charge in [-0.2, -0.15) is 0 Å². The molecule has 4 nitrogen and oxygen atoms in total. The maximum Gasteiger partial charge on any atom is 0.335 e. The summed E-state index contributed by atoms with van der Waals surface area (Å²) in [5, 5.41) is 11.3. The van der Waals surface area contributed by atoms with Gasteiger partial charge < -0.3 is 10.4 Å². The highest BCUT2D eigenvalue weighted by atomic mass is 32.2. The molecule has 1 aliphatic rings. The normalized spacial score (nSPS) is 19.6. The van der Waals surface area contributed by atoms with Crippen molar-refractivity contribution in [2.24, 2.45) is 0 Å². The first kappa shape index (κ1) is 13.9. The first-order valence-electron chi connectivity index (χ1n) is 6.05. The molecule has 1 saturated heterocycles. The maximum atomic E-state index is 13.7. The Hall–Kier alpha value is -1.56. The fourth-order valence-electron chi connectivity index (χ4n) is 1.90. The van der Waals surface area contributed by atoms with Crippen LogP contribution in [0, 0.1) is 5.82 Å². The Morgan fingerprint density at radius 1 is 1.42 bits per heavy atom. The topological polar surface area (TPSA) is 66.4 Å². The molecule has 0 spiro atoms. The Labute approximate surface area is 114 Å². The lowest BCUT2D eigenvalue weighted by molar-refractivity contribution is -0.120. The molecule has 2 rings (SSSR count). The van der Waals surface area contributed by atoms with E-state index in [4.69, 9.17) is 5.11 Å². The van der Waals surface area contributed by atoms with E-state index in [0.29, 0.717) is 13.0 Å². The lowest BCUT2D eigenvalue weighted by Crippen LogP contribution is -2.30. The summed E-state index contributed by atoms with van der Waals surface area (Å²) in [5.41, 5.74) is 0.0259. The number of benzene rings is 1. The summed E-state index contributed by atoms with van der Waals surface area (Å²) in [6, 6.07) is 3.62. The van der Waals surface area contributed by atoms with Crippen LogP contribution in [0.2, 0.25) is 0 Å². The summed E-state index contributed by atoms with van der Waals surface area (Å²) in [6.45, 7) is 0.646. The van der Waals surface area contributed by atoms with Gasteiger partial charge in [0.25, 0.3) is 0 Å². The van der Waals surface area contributed by atoms with Crippen LogP contribution in [-0.2, 0) is 4.79 Å². The van der Waals surface area contributed by atoms with Crippen molar-refractivity contribution in [1.29, 1.82) is 0 Å². The minimum absolute atomic E-state index is 0.0259. The number of carbonyl (C=O) groups excluding carboxylic acids is 1. The molecule has 1 amide bonds. The first-order valence-corrected chi connectivity index (χ1v) is 6.93. The van der Waals surface area contributed by atoms with Crippen LogP contribution in [0.15, 0.2) is 23.1 Å². The van der Waals surface area contributed by atoms with Crippen molar-refractivity contribution in [2.75, 3.05) is 6.54 Å². The van der Waals surface area contributed by atoms with Crippen LogP contribution in [0.25, 0.3) is 0 Å². The summed E-state index contributed by atoms with van der Waals surface area (Å²) < 4.78 is 13.7. The van der Waals surface area contributed by atoms with Gasteiger partial charge >= 0.3 is 5.97 Å². The third-order valence-electron chi connectivity index (χ3n) is 2.93. The van der Waals surface area contributed by atoms with Gasteiger partial charge in [-0.15, -0.1) is 11.8 Å². The van der Waals surface area contributed by atoms with Crippen molar-refractivity contribution in [3.63, 3.8) is 0 Å². The van der Waals surface area contributed by atoms with Gasteiger partial charge in [0.05, 0.1) is 10.8 Å². The third kappa shape index (κ3) is 3.47. The highest BCUT2D eigenvalue weighted by Crippen LogP contribution is 2.30. The first-order chi connectivity index (χ1) is 9.08. The van der Waals surface area contributed by atoms with Gasteiger partial charge in [0.1, 0.15) is 5.82 Å². The van der Waals surface area contributed by atoms with Crippen LogP contribution in [0.4, 0.5) is 4.39 Å². The van der Waals surface area contributed by atoms with Gasteiger partial charge in [-0.3, -0.25) is 4.79 Å². The highest BCUT2D eigenvalue weighted by molar-refractivity contribution is 8.00. The number of hydrogen-bond donors (Lipinski definition) is 2. The molecule has 0 bridgehead atoms. The predicted octanol–water partition coefficient (Wildman–Crippen LogP) is 2.28. The number of nitrogens with one attached hydrogen (secondary N) is 1. The molecule has 1 fully saturated rings. The highest BCUT2D eigenvalue weighted by Gasteiger charge is 2.23. The average Bonchev–Trinajstić information content (AvgIpc) is 2.57. The largest absolute Gasteiger partial charge is 0.478 e. The molecule has 6 heteroatoms. The standard InChI is InChI=1S/C13H14FNO3S/c14-9-5-4-8(13(17)18)7-11(9)19-10-3-1-2-6-15-12(10)16/h4-5,7,10H,1-3,6H2,(H,15,16)(H,17,18). The molecule has 2 N–H and O–H groups in total. The van der Waals surface area contributed by atoms with Crippen molar-refractivity contribution in [3.8, 4) is 0 Å². The number of rotatable bonds is 3. The summed E-state index contributed by atoms with van der Waals surface area (Å²) in [4.78, 5) is 22.9. The fourth-order valence-corrected chi connectivity index (χ4v) is 3.06. The van der Waals surface area contributed by atoms with Crippen molar-refractivity contribution in [1.82, 2.24) is 5.32 Å². The van der Waals surface area contributed by atoms with Gasteiger partial charge in [0, 0.05) is 11.4 Å². The zero-order valence-electron chi connectivity index (χ0n) is 10.2. The monoisotopic (exact) mass is 283 g/mol. The summed E-state index contributed by atoms with van der Waals surface area (Å²) in [6.07, 6.45) is 2.49. The van der Waals surface area contributed by atoms with Gasteiger partial charge in [-0.05, 0) is 31.0 Å². The SMILES string of the molecule is O=C(O)c1ccc(F)c(SC2CCCCNC2=O)c1. The van der Waals surface area contributed by atoms with Crippen molar-refractivity contribution in [2.45, 2.75) is 29.4 Å². The molecule has 1 aliphatic heterocycles. The number of amides is 1. The summed E-state index contributed by atoms with van der Waals surface area (Å²) in [5.74, 6) is -1.71. The zero-order chi connectivity index (χ0) is 13.8. The second kappa shape index (κ2) is 6.06. The number of halogens is 1. The van der Waals surface area contributed by atoms with Crippen LogP contribution >= 0.6 is 11.8 Å². The molecule has 1 heterocycles. The molecule has 1 aromatic carbocycles. The predicted molar refractivity (Wildman–Crippen MR) is 69.9 cm³/mol. The van der Waals surface area contributed by atoms with Crippen LogP contribution in [0.3, 0.4) is 0 Å². The van der Waals surface area contributed by atoms with E-state index in [-0.39, 0.29) is 21.6 Å². The van der Waals surface area contributed by atoms with Crippen molar-refractivity contribution >= 4 is 23.6 Å². The Kier molecular flexibility index (Phi) is 4.42. The minimum atomic E-state index is -1.10. The lowest BCUT2D eigenvalue weighted by Gasteiger charge is -2.13. The van der Waals surface area contributed by atoms with E-state index in [2.05, 4.69) is 5.32 Å². The van der Waals surface area contributed by atoms with Crippen molar-refractivity contribution in [3.05, 3.63) is 29.6 Å². The van der Waals surface area contributed by atoms with Crippen LogP contribution < -0.4 is 5.32 Å². The van der Waals surface area contributed by atoms with Gasteiger partial charge in [-0.1, -0.05) is 6.42 Å². The van der Waals surface area contributed by atoms with E-state index < -0.39 is 11.8 Å². The van der Waals surface area contributed by atoms with E-state index in [1.54, 1.807) is 0 Å². The molecule has 0 aliphatic carbocycles. The van der Waals surface area contributed by atoms with Crippen molar-refractivity contribution < 1.29 is 19.1 Å². The molecule has 0 aromatic heterocycles.